The first-order valence-corrected chi connectivity index (χ1v) is 7.71. The van der Waals surface area contributed by atoms with Crippen LogP contribution in [-0.4, -0.2) is 31.6 Å². The van der Waals surface area contributed by atoms with Gasteiger partial charge in [-0.25, -0.2) is 4.79 Å². The van der Waals surface area contributed by atoms with E-state index in [1.807, 2.05) is 6.07 Å². The molecular formula is C14H21BrO4. The first-order chi connectivity index (χ1) is 9.27. The number of unbranched alkanes of at least 4 members (excludes halogenated alkanes) is 2. The Morgan fingerprint density at radius 2 is 2.00 bits per heavy atom. The van der Waals surface area contributed by atoms with Gasteiger partial charge in [0.05, 0.1) is 7.11 Å². The van der Waals surface area contributed by atoms with Crippen molar-refractivity contribution in [2.75, 3.05) is 25.7 Å². The molecule has 0 bridgehead atoms. The van der Waals surface area contributed by atoms with Gasteiger partial charge in [0.15, 0.2) is 0 Å². The largest absolute Gasteiger partial charge is 0.463 e. The van der Waals surface area contributed by atoms with E-state index in [1.54, 1.807) is 6.07 Å². The predicted octanol–water partition coefficient (Wildman–Crippen LogP) is 3.58. The van der Waals surface area contributed by atoms with E-state index in [-0.39, 0.29) is 5.76 Å². The number of ether oxygens (including phenoxy) is 2. The van der Waals surface area contributed by atoms with E-state index in [1.165, 1.54) is 20.0 Å². The zero-order valence-corrected chi connectivity index (χ0v) is 12.9. The maximum atomic E-state index is 11.2. The van der Waals surface area contributed by atoms with Crippen molar-refractivity contribution >= 4 is 21.9 Å². The highest BCUT2D eigenvalue weighted by Crippen LogP contribution is 2.11. The maximum absolute atomic E-state index is 11.2. The minimum atomic E-state index is -0.436. The molecule has 5 heteroatoms. The number of carbonyl (C=O) groups is 1. The number of esters is 1. The van der Waals surface area contributed by atoms with Gasteiger partial charge in [-0.05, 0) is 31.4 Å². The molecule has 0 aliphatic rings. The number of alkyl halides is 1. The summed E-state index contributed by atoms with van der Waals surface area (Å²) < 4.78 is 15.5. The molecule has 1 rings (SSSR count). The number of aryl methyl sites for hydroxylation is 1. The average Bonchev–Trinajstić information content (AvgIpc) is 2.89. The lowest BCUT2D eigenvalue weighted by Gasteiger charge is -2.02. The summed E-state index contributed by atoms with van der Waals surface area (Å²) in [5, 5.41) is 1.06. The molecule has 4 nitrogen and oxygen atoms in total. The minimum absolute atomic E-state index is 0.258. The van der Waals surface area contributed by atoms with Crippen LogP contribution in [0, 0.1) is 0 Å². The topological polar surface area (TPSA) is 48.7 Å². The fourth-order valence-corrected chi connectivity index (χ4v) is 2.04. The van der Waals surface area contributed by atoms with Crippen LogP contribution in [0.1, 0.15) is 42.0 Å². The van der Waals surface area contributed by atoms with Gasteiger partial charge in [0.1, 0.15) is 5.76 Å². The van der Waals surface area contributed by atoms with Crippen LogP contribution >= 0.6 is 15.9 Å². The van der Waals surface area contributed by atoms with Crippen LogP contribution in [0.3, 0.4) is 0 Å². The molecule has 1 heterocycles. The van der Waals surface area contributed by atoms with E-state index in [4.69, 9.17) is 9.15 Å². The second-order valence-corrected chi connectivity index (χ2v) is 5.02. The van der Waals surface area contributed by atoms with E-state index in [2.05, 4.69) is 20.7 Å². The van der Waals surface area contributed by atoms with E-state index >= 15 is 0 Å². The average molecular weight is 333 g/mol. The van der Waals surface area contributed by atoms with Crippen molar-refractivity contribution in [1.82, 2.24) is 0 Å². The standard InChI is InChI=1S/C14H21BrO4/c1-17-14(16)13-8-7-12(19-13)6-5-11-18-10-4-2-3-9-15/h7-8H,2-6,9-11H2,1H3. The molecule has 0 N–H and O–H groups in total. The molecule has 19 heavy (non-hydrogen) atoms. The van der Waals surface area contributed by atoms with Crippen molar-refractivity contribution in [2.24, 2.45) is 0 Å². The molecule has 0 unspecified atom stereocenters. The van der Waals surface area contributed by atoms with Crippen molar-refractivity contribution in [3.63, 3.8) is 0 Å². The Kier molecular flexibility index (Phi) is 8.58. The number of hydrogen-bond acceptors (Lipinski definition) is 4. The van der Waals surface area contributed by atoms with Gasteiger partial charge in [0, 0.05) is 25.0 Å². The molecule has 0 saturated carbocycles. The Morgan fingerprint density at radius 3 is 2.74 bits per heavy atom. The van der Waals surface area contributed by atoms with Crippen molar-refractivity contribution in [3.05, 3.63) is 23.7 Å². The Bertz CT molecular complexity index is 362. The van der Waals surface area contributed by atoms with Gasteiger partial charge in [-0.15, -0.1) is 0 Å². The smallest absolute Gasteiger partial charge is 0.373 e. The van der Waals surface area contributed by atoms with Crippen LogP contribution in [0.25, 0.3) is 0 Å². The van der Waals surface area contributed by atoms with Gasteiger partial charge in [0.2, 0.25) is 5.76 Å². The van der Waals surface area contributed by atoms with Crippen LogP contribution in [0.4, 0.5) is 0 Å². The lowest BCUT2D eigenvalue weighted by molar-refractivity contribution is 0.0562. The molecule has 0 saturated heterocycles. The van der Waals surface area contributed by atoms with Crippen molar-refractivity contribution in [2.45, 2.75) is 32.1 Å². The zero-order chi connectivity index (χ0) is 13.9. The molecule has 0 aliphatic carbocycles. The van der Waals surface area contributed by atoms with Crippen LogP contribution in [0.15, 0.2) is 16.5 Å². The summed E-state index contributed by atoms with van der Waals surface area (Å²) in [6.45, 7) is 1.54. The van der Waals surface area contributed by atoms with Crippen LogP contribution in [-0.2, 0) is 15.9 Å². The molecule has 1 aromatic heterocycles. The van der Waals surface area contributed by atoms with Gasteiger partial charge in [-0.3, -0.25) is 0 Å². The normalized spacial score (nSPS) is 10.6. The summed E-state index contributed by atoms with van der Waals surface area (Å²) >= 11 is 3.40. The summed E-state index contributed by atoms with van der Waals surface area (Å²) in [5.41, 5.74) is 0. The Morgan fingerprint density at radius 1 is 1.21 bits per heavy atom. The Labute approximate surface area is 122 Å². The quantitative estimate of drug-likeness (QED) is 0.373. The molecule has 0 spiro atoms. The van der Waals surface area contributed by atoms with Gasteiger partial charge in [-0.1, -0.05) is 22.4 Å². The van der Waals surface area contributed by atoms with Crippen LogP contribution in [0.5, 0.6) is 0 Å². The van der Waals surface area contributed by atoms with E-state index in [0.29, 0.717) is 0 Å². The van der Waals surface area contributed by atoms with E-state index in [0.717, 1.165) is 43.6 Å². The third kappa shape index (κ3) is 6.78. The first-order valence-electron chi connectivity index (χ1n) is 6.58. The maximum Gasteiger partial charge on any atom is 0.373 e. The second kappa shape index (κ2) is 10.0. The Hall–Kier alpha value is -0.810. The SMILES string of the molecule is COC(=O)c1ccc(CCCOCCCCCBr)o1. The summed E-state index contributed by atoms with van der Waals surface area (Å²) in [4.78, 5) is 11.2. The molecular weight excluding hydrogens is 312 g/mol. The van der Waals surface area contributed by atoms with Crippen LogP contribution < -0.4 is 0 Å². The first kappa shape index (κ1) is 16.2. The highest BCUT2D eigenvalue weighted by Gasteiger charge is 2.10. The molecule has 0 radical (unpaired) electrons. The second-order valence-electron chi connectivity index (χ2n) is 4.22. The molecule has 108 valence electrons. The fourth-order valence-electron chi connectivity index (χ4n) is 1.65. The van der Waals surface area contributed by atoms with Gasteiger partial charge < -0.3 is 13.9 Å². The fraction of sp³-hybridized carbons (Fsp3) is 0.643. The van der Waals surface area contributed by atoms with Crippen molar-refractivity contribution in [3.8, 4) is 0 Å². The summed E-state index contributed by atoms with van der Waals surface area (Å²) in [6.07, 6.45) is 5.18. The molecule has 0 aromatic carbocycles. The molecule has 0 amide bonds. The van der Waals surface area contributed by atoms with Crippen molar-refractivity contribution in [1.29, 1.82) is 0 Å². The lowest BCUT2D eigenvalue weighted by Crippen LogP contribution is -1.99. The molecule has 1 aromatic rings. The monoisotopic (exact) mass is 332 g/mol. The number of rotatable bonds is 10. The van der Waals surface area contributed by atoms with Crippen molar-refractivity contribution < 1.29 is 18.7 Å². The summed E-state index contributed by atoms with van der Waals surface area (Å²) in [5.74, 6) is 0.616. The van der Waals surface area contributed by atoms with Gasteiger partial charge in [0.25, 0.3) is 0 Å². The predicted molar refractivity (Wildman–Crippen MR) is 76.8 cm³/mol. The minimum Gasteiger partial charge on any atom is -0.463 e. The number of methoxy groups -OCH3 is 1. The molecule has 0 atom stereocenters. The molecule has 0 fully saturated rings. The number of hydrogen-bond donors (Lipinski definition) is 0. The Balaban J connectivity index is 2.06. The summed E-state index contributed by atoms with van der Waals surface area (Å²) in [6, 6.07) is 3.45. The zero-order valence-electron chi connectivity index (χ0n) is 11.3. The third-order valence-electron chi connectivity index (χ3n) is 2.68. The highest BCUT2D eigenvalue weighted by atomic mass is 79.9. The lowest BCUT2D eigenvalue weighted by atomic mass is 10.2. The molecule has 0 aliphatic heterocycles. The van der Waals surface area contributed by atoms with E-state index < -0.39 is 5.97 Å². The number of halogens is 1. The highest BCUT2D eigenvalue weighted by molar-refractivity contribution is 9.09. The third-order valence-corrected chi connectivity index (χ3v) is 3.24. The number of furan rings is 1. The van der Waals surface area contributed by atoms with Crippen LogP contribution in [0.2, 0.25) is 0 Å². The summed E-state index contributed by atoms with van der Waals surface area (Å²) in [7, 11) is 1.34. The van der Waals surface area contributed by atoms with Gasteiger partial charge in [-0.2, -0.15) is 0 Å². The van der Waals surface area contributed by atoms with E-state index in [9.17, 15) is 4.79 Å². The number of carbonyl (C=O) groups excluding carboxylic acids is 1. The van der Waals surface area contributed by atoms with Gasteiger partial charge >= 0.3 is 5.97 Å².